The summed E-state index contributed by atoms with van der Waals surface area (Å²) in [6.07, 6.45) is 4.07. The summed E-state index contributed by atoms with van der Waals surface area (Å²) in [5, 5.41) is 12.2. The van der Waals surface area contributed by atoms with Crippen LogP contribution < -0.4 is 5.32 Å². The minimum Gasteiger partial charge on any atom is -0.389 e. The average molecular weight is 284 g/mol. The van der Waals surface area contributed by atoms with E-state index in [0.29, 0.717) is 19.0 Å². The highest BCUT2D eigenvalue weighted by Crippen LogP contribution is 2.29. The van der Waals surface area contributed by atoms with Crippen LogP contribution in [0.1, 0.15) is 32.1 Å². The summed E-state index contributed by atoms with van der Waals surface area (Å²) in [5.41, 5.74) is 0. The number of nitrogens with one attached hydrogen (secondary N) is 1. The quantitative estimate of drug-likeness (QED) is 0.714. The van der Waals surface area contributed by atoms with Crippen LogP contribution in [0.2, 0.25) is 0 Å². The summed E-state index contributed by atoms with van der Waals surface area (Å²) in [6, 6.07) is 0.333. The van der Waals surface area contributed by atoms with Crippen molar-refractivity contribution in [2.24, 2.45) is 5.92 Å². The molecule has 2 rings (SSSR count). The molecule has 0 radical (unpaired) electrons. The van der Waals surface area contributed by atoms with E-state index >= 15 is 0 Å². The number of ether oxygens (including phenoxy) is 1. The van der Waals surface area contributed by atoms with Crippen molar-refractivity contribution in [3.8, 4) is 0 Å². The lowest BCUT2D eigenvalue weighted by atomic mass is 10.1. The monoisotopic (exact) mass is 284 g/mol. The van der Waals surface area contributed by atoms with E-state index in [1.165, 1.54) is 20.0 Å². The Bertz CT molecular complexity index is 355. The number of carbonyl (C=O) groups is 2. The summed E-state index contributed by atoms with van der Waals surface area (Å²) < 4.78 is 4.80. The molecule has 0 aromatic heterocycles. The number of carbonyl (C=O) groups excluding carboxylic acids is 2. The van der Waals surface area contributed by atoms with Gasteiger partial charge in [0.2, 0.25) is 11.8 Å². The molecule has 2 amide bonds. The number of methoxy groups -OCH3 is 1. The summed E-state index contributed by atoms with van der Waals surface area (Å²) >= 11 is 0. The first kappa shape index (κ1) is 15.3. The van der Waals surface area contributed by atoms with E-state index in [4.69, 9.17) is 4.74 Å². The number of aliphatic hydroxyl groups is 1. The molecule has 2 fully saturated rings. The number of aliphatic hydroxyl groups excluding tert-OH is 1. The van der Waals surface area contributed by atoms with Crippen LogP contribution in [0.15, 0.2) is 0 Å². The number of rotatable bonds is 6. The highest BCUT2D eigenvalue weighted by Gasteiger charge is 2.38. The molecule has 6 nitrogen and oxygen atoms in total. The summed E-state index contributed by atoms with van der Waals surface area (Å²) in [5.74, 6) is -0.332. The molecular formula is C14H24N2O4. The highest BCUT2D eigenvalue weighted by molar-refractivity contribution is 5.89. The van der Waals surface area contributed by atoms with Crippen molar-refractivity contribution in [2.75, 3.05) is 26.8 Å². The molecule has 1 aliphatic carbocycles. The number of hydrogen-bond acceptors (Lipinski definition) is 4. The third-order valence-electron chi connectivity index (χ3n) is 4.17. The molecule has 6 heteroatoms. The minimum atomic E-state index is -0.702. The molecule has 0 bridgehead atoms. The molecule has 2 unspecified atom stereocenters. The third kappa shape index (κ3) is 3.70. The van der Waals surface area contributed by atoms with Gasteiger partial charge in [-0.2, -0.15) is 0 Å². The Morgan fingerprint density at radius 1 is 1.50 bits per heavy atom. The number of hydrogen-bond donors (Lipinski definition) is 2. The Hall–Kier alpha value is -1.14. The fourth-order valence-corrected chi connectivity index (χ4v) is 3.09. The van der Waals surface area contributed by atoms with E-state index in [1.54, 1.807) is 0 Å². The second-order valence-electron chi connectivity index (χ2n) is 5.74. The Labute approximate surface area is 119 Å². The van der Waals surface area contributed by atoms with Gasteiger partial charge in [0.05, 0.1) is 18.6 Å². The van der Waals surface area contributed by atoms with Crippen molar-refractivity contribution >= 4 is 11.8 Å². The molecular weight excluding hydrogens is 260 g/mol. The molecule has 1 saturated carbocycles. The summed E-state index contributed by atoms with van der Waals surface area (Å²) in [6.45, 7) is 0.884. The van der Waals surface area contributed by atoms with Gasteiger partial charge in [-0.15, -0.1) is 0 Å². The topological polar surface area (TPSA) is 78.9 Å². The molecule has 0 spiro atoms. The molecule has 1 heterocycles. The molecule has 2 atom stereocenters. The zero-order valence-electron chi connectivity index (χ0n) is 12.0. The van der Waals surface area contributed by atoms with Gasteiger partial charge in [0.1, 0.15) is 0 Å². The normalized spacial score (nSPS) is 25.2. The van der Waals surface area contributed by atoms with E-state index < -0.39 is 6.10 Å². The summed E-state index contributed by atoms with van der Waals surface area (Å²) in [4.78, 5) is 25.9. The number of nitrogens with zero attached hydrogens (tertiary/aromatic N) is 1. The maximum absolute atomic E-state index is 12.0. The summed E-state index contributed by atoms with van der Waals surface area (Å²) in [7, 11) is 1.50. The SMILES string of the molecule is COCC(O)CNC(=O)C1CC(=O)N(C2CCCC2)C1. The molecule has 20 heavy (non-hydrogen) atoms. The van der Waals surface area contributed by atoms with E-state index in [0.717, 1.165) is 12.8 Å². The second-order valence-corrected chi connectivity index (χ2v) is 5.74. The lowest BCUT2D eigenvalue weighted by molar-refractivity contribution is -0.130. The van der Waals surface area contributed by atoms with Crippen molar-refractivity contribution < 1.29 is 19.4 Å². The van der Waals surface area contributed by atoms with Crippen LogP contribution >= 0.6 is 0 Å². The molecule has 0 aromatic carbocycles. The first-order valence-corrected chi connectivity index (χ1v) is 7.36. The minimum absolute atomic E-state index is 0.0921. The van der Waals surface area contributed by atoms with Gasteiger partial charge in [-0.25, -0.2) is 0 Å². The van der Waals surface area contributed by atoms with Crippen LogP contribution in [0.25, 0.3) is 0 Å². The fourth-order valence-electron chi connectivity index (χ4n) is 3.09. The predicted molar refractivity (Wildman–Crippen MR) is 73.0 cm³/mol. The maximum Gasteiger partial charge on any atom is 0.225 e. The second kappa shape index (κ2) is 7.04. The van der Waals surface area contributed by atoms with Crippen molar-refractivity contribution in [3.63, 3.8) is 0 Å². The Kier molecular flexibility index (Phi) is 5.37. The van der Waals surface area contributed by atoms with Crippen LogP contribution in [-0.2, 0) is 14.3 Å². The van der Waals surface area contributed by atoms with E-state index in [1.807, 2.05) is 4.90 Å². The van der Waals surface area contributed by atoms with Gasteiger partial charge in [-0.05, 0) is 12.8 Å². The maximum atomic E-state index is 12.0. The van der Waals surface area contributed by atoms with Crippen molar-refractivity contribution in [1.29, 1.82) is 0 Å². The van der Waals surface area contributed by atoms with Crippen molar-refractivity contribution in [3.05, 3.63) is 0 Å². The first-order valence-electron chi connectivity index (χ1n) is 7.36. The van der Waals surface area contributed by atoms with Gasteiger partial charge in [0.15, 0.2) is 0 Å². The molecule has 1 aliphatic heterocycles. The zero-order chi connectivity index (χ0) is 14.5. The lowest BCUT2D eigenvalue weighted by Gasteiger charge is -2.24. The molecule has 1 saturated heterocycles. The van der Waals surface area contributed by atoms with E-state index in [-0.39, 0.29) is 30.9 Å². The van der Waals surface area contributed by atoms with Gasteiger partial charge in [-0.1, -0.05) is 12.8 Å². The average Bonchev–Trinajstić information content (AvgIpc) is 3.05. The van der Waals surface area contributed by atoms with Crippen LogP contribution in [-0.4, -0.2) is 60.8 Å². The van der Waals surface area contributed by atoms with Gasteiger partial charge in [0, 0.05) is 32.7 Å². The highest BCUT2D eigenvalue weighted by atomic mass is 16.5. The van der Waals surface area contributed by atoms with E-state index in [9.17, 15) is 14.7 Å². The van der Waals surface area contributed by atoms with Gasteiger partial charge in [-0.3, -0.25) is 9.59 Å². The predicted octanol–water partition coefficient (Wildman–Crippen LogP) is -0.0990. The van der Waals surface area contributed by atoms with E-state index in [2.05, 4.69) is 5.32 Å². The van der Waals surface area contributed by atoms with Crippen LogP contribution in [0.3, 0.4) is 0 Å². The molecule has 2 N–H and O–H groups in total. The molecule has 0 aromatic rings. The van der Waals surface area contributed by atoms with Crippen molar-refractivity contribution in [2.45, 2.75) is 44.2 Å². The smallest absolute Gasteiger partial charge is 0.225 e. The zero-order valence-corrected chi connectivity index (χ0v) is 12.0. The van der Waals surface area contributed by atoms with Crippen LogP contribution in [0.4, 0.5) is 0 Å². The standard InChI is InChI=1S/C14H24N2O4/c1-20-9-12(17)7-15-14(19)10-6-13(18)16(8-10)11-4-2-3-5-11/h10-12,17H,2-9H2,1H3,(H,15,19). The lowest BCUT2D eigenvalue weighted by Crippen LogP contribution is -2.40. The Morgan fingerprint density at radius 3 is 2.85 bits per heavy atom. The first-order chi connectivity index (χ1) is 9.61. The largest absolute Gasteiger partial charge is 0.389 e. The van der Waals surface area contributed by atoms with Gasteiger partial charge in [0.25, 0.3) is 0 Å². The molecule has 2 aliphatic rings. The van der Waals surface area contributed by atoms with Crippen molar-refractivity contribution in [1.82, 2.24) is 10.2 Å². The van der Waals surface area contributed by atoms with Gasteiger partial charge < -0.3 is 20.1 Å². The number of likely N-dealkylation sites (tertiary alicyclic amines) is 1. The third-order valence-corrected chi connectivity index (χ3v) is 4.17. The van der Waals surface area contributed by atoms with Crippen LogP contribution in [0, 0.1) is 5.92 Å². The Balaban J connectivity index is 1.78. The van der Waals surface area contributed by atoms with Crippen LogP contribution in [0.5, 0.6) is 0 Å². The van der Waals surface area contributed by atoms with Gasteiger partial charge >= 0.3 is 0 Å². The number of amides is 2. The molecule has 114 valence electrons. The fraction of sp³-hybridized carbons (Fsp3) is 0.857. The Morgan fingerprint density at radius 2 is 2.20 bits per heavy atom.